The van der Waals surface area contributed by atoms with E-state index in [-0.39, 0.29) is 20.5 Å². The van der Waals surface area contributed by atoms with Crippen molar-refractivity contribution in [2.45, 2.75) is 0 Å². The Morgan fingerprint density at radius 1 is 1.10 bits per heavy atom. The van der Waals surface area contributed by atoms with Gasteiger partial charge >= 0.3 is 5.00 Å². The second-order valence-electron chi connectivity index (χ2n) is 3.78. The van der Waals surface area contributed by atoms with Gasteiger partial charge in [0.2, 0.25) is 0 Å². The summed E-state index contributed by atoms with van der Waals surface area (Å²) < 4.78 is 0. The van der Waals surface area contributed by atoms with Gasteiger partial charge in [-0.1, -0.05) is 35.1 Å². The van der Waals surface area contributed by atoms with Crippen molar-refractivity contribution in [2.75, 3.05) is 0 Å². The second kappa shape index (κ2) is 6.33. The summed E-state index contributed by atoms with van der Waals surface area (Å²) in [7, 11) is 0. The van der Waals surface area contributed by atoms with E-state index in [4.69, 9.17) is 11.6 Å². The monoisotopic (exact) mass is 325 g/mol. The molecule has 108 valence electrons. The van der Waals surface area contributed by atoms with E-state index in [1.54, 1.807) is 18.2 Å². The molecule has 0 atom stereocenters. The van der Waals surface area contributed by atoms with Crippen LogP contribution in [0.4, 0.5) is 5.00 Å². The minimum Gasteiger partial charge on any atom is -0.267 e. The lowest BCUT2D eigenvalue weighted by Gasteiger charge is -2.07. The van der Waals surface area contributed by atoms with Gasteiger partial charge in [0.05, 0.1) is 15.5 Å². The molecular formula is C12H8ClN3O4S. The van der Waals surface area contributed by atoms with Crippen molar-refractivity contribution >= 4 is 39.8 Å². The number of thiophene rings is 1. The zero-order valence-corrected chi connectivity index (χ0v) is 11.9. The van der Waals surface area contributed by atoms with Crippen molar-refractivity contribution in [3.05, 3.63) is 62.0 Å². The molecule has 7 nitrogen and oxygen atoms in total. The molecule has 0 fully saturated rings. The van der Waals surface area contributed by atoms with Crippen LogP contribution >= 0.6 is 22.9 Å². The third kappa shape index (κ3) is 3.56. The van der Waals surface area contributed by atoms with Crippen LogP contribution in [-0.4, -0.2) is 16.7 Å². The number of nitrogens with zero attached hydrogens (tertiary/aromatic N) is 1. The highest BCUT2D eigenvalue weighted by Gasteiger charge is 2.16. The van der Waals surface area contributed by atoms with Crippen molar-refractivity contribution < 1.29 is 14.5 Å². The van der Waals surface area contributed by atoms with Crippen molar-refractivity contribution in [2.24, 2.45) is 0 Å². The summed E-state index contributed by atoms with van der Waals surface area (Å²) >= 11 is 6.55. The van der Waals surface area contributed by atoms with Gasteiger partial charge in [-0.2, -0.15) is 0 Å². The molecule has 1 aromatic heterocycles. The summed E-state index contributed by atoms with van der Waals surface area (Å²) in [5.41, 5.74) is 4.56. The predicted octanol–water partition coefficient (Wildman–Crippen LogP) is 2.38. The van der Waals surface area contributed by atoms with E-state index >= 15 is 0 Å². The predicted molar refractivity (Wildman–Crippen MR) is 77.4 cm³/mol. The Bertz CT molecular complexity index is 716. The average molecular weight is 326 g/mol. The van der Waals surface area contributed by atoms with Gasteiger partial charge in [-0.25, -0.2) is 0 Å². The van der Waals surface area contributed by atoms with Crippen molar-refractivity contribution in [3.8, 4) is 0 Å². The summed E-state index contributed by atoms with van der Waals surface area (Å²) in [5.74, 6) is -1.23. The van der Waals surface area contributed by atoms with E-state index in [0.29, 0.717) is 11.3 Å². The highest BCUT2D eigenvalue weighted by atomic mass is 35.5. The lowest BCUT2D eigenvalue weighted by Crippen LogP contribution is -2.41. The third-order valence-electron chi connectivity index (χ3n) is 2.40. The van der Waals surface area contributed by atoms with Crippen LogP contribution < -0.4 is 10.9 Å². The number of hydrazine groups is 1. The summed E-state index contributed by atoms with van der Waals surface area (Å²) in [5, 5.41) is 10.6. The first-order valence-corrected chi connectivity index (χ1v) is 6.78. The molecule has 0 saturated carbocycles. The molecule has 2 aromatic rings. The standard InChI is InChI=1S/C12H8ClN3O4S/c13-8-4-2-1-3-7(8)11(17)14-15-12(18)9-5-6-10(21-9)16(19)20/h1-6H,(H,14,17)(H,15,18). The van der Waals surface area contributed by atoms with Gasteiger partial charge in [-0.3, -0.25) is 30.6 Å². The molecule has 2 N–H and O–H groups in total. The first-order valence-electron chi connectivity index (χ1n) is 5.58. The van der Waals surface area contributed by atoms with Crippen LogP contribution in [0.25, 0.3) is 0 Å². The quantitative estimate of drug-likeness (QED) is 0.668. The normalized spacial score (nSPS) is 9.95. The maximum absolute atomic E-state index is 11.8. The smallest absolute Gasteiger partial charge is 0.267 e. The number of hydrogen-bond donors (Lipinski definition) is 2. The summed E-state index contributed by atoms with van der Waals surface area (Å²) in [6.45, 7) is 0. The highest BCUT2D eigenvalue weighted by Crippen LogP contribution is 2.23. The molecule has 0 spiro atoms. The number of benzene rings is 1. The van der Waals surface area contributed by atoms with Gasteiger partial charge in [0.15, 0.2) is 0 Å². The number of hydrogen-bond acceptors (Lipinski definition) is 5. The molecule has 1 heterocycles. The van der Waals surface area contributed by atoms with Crippen LogP contribution in [0.2, 0.25) is 5.02 Å². The average Bonchev–Trinajstić information content (AvgIpc) is 2.95. The fourth-order valence-electron chi connectivity index (χ4n) is 1.44. The molecule has 0 saturated heterocycles. The zero-order chi connectivity index (χ0) is 15.4. The molecular weight excluding hydrogens is 318 g/mol. The minimum atomic E-state index is -0.645. The molecule has 0 aliphatic heterocycles. The topological polar surface area (TPSA) is 101 Å². The number of carbonyl (C=O) groups excluding carboxylic acids is 2. The number of nitrogens with one attached hydrogen (secondary N) is 2. The van der Waals surface area contributed by atoms with Crippen LogP contribution in [0.1, 0.15) is 20.0 Å². The maximum atomic E-state index is 11.8. The van der Waals surface area contributed by atoms with Gasteiger partial charge in [-0.05, 0) is 18.2 Å². The van der Waals surface area contributed by atoms with Gasteiger partial charge in [0.25, 0.3) is 11.8 Å². The fraction of sp³-hybridized carbons (Fsp3) is 0. The Morgan fingerprint density at radius 3 is 2.38 bits per heavy atom. The highest BCUT2D eigenvalue weighted by molar-refractivity contribution is 7.17. The zero-order valence-electron chi connectivity index (χ0n) is 10.3. The molecule has 0 unspecified atom stereocenters. The minimum absolute atomic E-state index is 0.112. The molecule has 2 rings (SSSR count). The maximum Gasteiger partial charge on any atom is 0.324 e. The Balaban J connectivity index is 1.99. The van der Waals surface area contributed by atoms with E-state index < -0.39 is 16.7 Å². The number of nitro groups is 1. The first kappa shape index (κ1) is 14.9. The summed E-state index contributed by atoms with van der Waals surface area (Å²) in [4.78, 5) is 33.6. The Kier molecular flexibility index (Phi) is 4.51. The van der Waals surface area contributed by atoms with Gasteiger partial charge in [-0.15, -0.1) is 0 Å². The fourth-order valence-corrected chi connectivity index (χ4v) is 2.37. The summed E-state index contributed by atoms with van der Waals surface area (Å²) in [6.07, 6.45) is 0. The van der Waals surface area contributed by atoms with E-state index in [0.717, 1.165) is 0 Å². The third-order valence-corrected chi connectivity index (χ3v) is 3.77. The van der Waals surface area contributed by atoms with E-state index in [1.165, 1.54) is 18.2 Å². The molecule has 1 aromatic carbocycles. The molecule has 9 heteroatoms. The van der Waals surface area contributed by atoms with Crippen LogP contribution in [0.3, 0.4) is 0 Å². The van der Waals surface area contributed by atoms with Crippen molar-refractivity contribution in [1.82, 2.24) is 10.9 Å². The SMILES string of the molecule is O=C(NNC(=O)c1ccccc1Cl)c1ccc([N+](=O)[O-])s1. The molecule has 2 amide bonds. The lowest BCUT2D eigenvalue weighted by atomic mass is 10.2. The lowest BCUT2D eigenvalue weighted by molar-refractivity contribution is -0.380. The number of halogens is 1. The van der Waals surface area contributed by atoms with E-state index in [1.807, 2.05) is 0 Å². The van der Waals surface area contributed by atoms with Crippen LogP contribution in [0.15, 0.2) is 36.4 Å². The van der Waals surface area contributed by atoms with E-state index in [2.05, 4.69) is 10.9 Å². The van der Waals surface area contributed by atoms with Crippen molar-refractivity contribution in [1.29, 1.82) is 0 Å². The van der Waals surface area contributed by atoms with Crippen LogP contribution in [-0.2, 0) is 0 Å². The number of rotatable bonds is 3. The van der Waals surface area contributed by atoms with Crippen molar-refractivity contribution in [3.63, 3.8) is 0 Å². The van der Waals surface area contributed by atoms with Crippen LogP contribution in [0, 0.1) is 10.1 Å². The molecule has 0 aliphatic rings. The largest absolute Gasteiger partial charge is 0.324 e. The van der Waals surface area contributed by atoms with Crippen LogP contribution in [0.5, 0.6) is 0 Å². The summed E-state index contributed by atoms with van der Waals surface area (Å²) in [6, 6.07) is 8.86. The first-order chi connectivity index (χ1) is 9.99. The molecule has 0 bridgehead atoms. The van der Waals surface area contributed by atoms with Gasteiger partial charge in [0.1, 0.15) is 4.88 Å². The molecule has 0 radical (unpaired) electrons. The second-order valence-corrected chi connectivity index (χ2v) is 5.25. The van der Waals surface area contributed by atoms with E-state index in [9.17, 15) is 19.7 Å². The van der Waals surface area contributed by atoms with Gasteiger partial charge < -0.3 is 0 Å². The Morgan fingerprint density at radius 2 is 1.76 bits per heavy atom. The number of amides is 2. The molecule has 21 heavy (non-hydrogen) atoms. The van der Waals surface area contributed by atoms with Gasteiger partial charge in [0, 0.05) is 6.07 Å². The Labute approximate surface area is 127 Å². The number of carbonyl (C=O) groups is 2. The molecule has 0 aliphatic carbocycles. The Hall–Kier alpha value is -2.45.